The average Bonchev–Trinajstić information content (AvgIpc) is 3.80. The Labute approximate surface area is 264 Å². The van der Waals surface area contributed by atoms with Crippen LogP contribution < -0.4 is 0 Å². The minimum Gasteiger partial charge on any atom is -0.456 e. The molecule has 3 aliphatic rings. The highest BCUT2D eigenvalue weighted by atomic mass is 32.2. The van der Waals surface area contributed by atoms with Crippen LogP contribution in [0.1, 0.15) is 30.9 Å². The molecule has 2 aromatic carbocycles. The topological polar surface area (TPSA) is 194 Å². The van der Waals surface area contributed by atoms with Gasteiger partial charge in [0.15, 0.2) is 5.16 Å². The summed E-state index contributed by atoms with van der Waals surface area (Å²) in [6.45, 7) is 1.22. The second-order valence-corrected chi connectivity index (χ2v) is 11.9. The van der Waals surface area contributed by atoms with Crippen molar-refractivity contribution in [3.05, 3.63) is 109 Å². The molecule has 0 N–H and O–H groups in total. The summed E-state index contributed by atoms with van der Waals surface area (Å²) in [7, 11) is 0. The van der Waals surface area contributed by atoms with Crippen LogP contribution in [-0.2, 0) is 37.0 Å². The zero-order chi connectivity index (χ0) is 32.6. The van der Waals surface area contributed by atoms with E-state index in [-0.39, 0.29) is 30.3 Å². The lowest BCUT2D eigenvalue weighted by Crippen LogP contribution is -2.65. The third-order valence-electron chi connectivity index (χ3n) is 8.14. The van der Waals surface area contributed by atoms with Crippen LogP contribution in [0, 0.1) is 31.6 Å². The number of nitro benzene ring substituents is 2. The Morgan fingerprint density at radius 3 is 2.02 bits per heavy atom. The van der Waals surface area contributed by atoms with Gasteiger partial charge in [-0.3, -0.25) is 29.9 Å². The van der Waals surface area contributed by atoms with Gasteiger partial charge in [0, 0.05) is 47.0 Å². The van der Waals surface area contributed by atoms with Gasteiger partial charge in [0.1, 0.15) is 25.0 Å². The molecule has 6 rings (SSSR count). The van der Waals surface area contributed by atoms with E-state index in [9.17, 15) is 34.6 Å². The van der Waals surface area contributed by atoms with Gasteiger partial charge >= 0.3 is 12.1 Å². The van der Waals surface area contributed by atoms with Gasteiger partial charge in [-0.1, -0.05) is 11.8 Å². The van der Waals surface area contributed by atoms with Crippen LogP contribution in [0.15, 0.2) is 82.7 Å². The number of carbonyl (C=O) groups is 3. The third kappa shape index (κ3) is 5.74. The largest absolute Gasteiger partial charge is 0.508 e. The fraction of sp³-hybridized carbons (Fsp3) is 0.300. The molecule has 3 aromatic rings. The van der Waals surface area contributed by atoms with E-state index in [0.717, 1.165) is 0 Å². The summed E-state index contributed by atoms with van der Waals surface area (Å²) in [5.74, 6) is -1.92. The number of ether oxygens (including phenoxy) is 3. The zero-order valence-corrected chi connectivity index (χ0v) is 25.0. The van der Waals surface area contributed by atoms with Gasteiger partial charge in [-0.25, -0.2) is 19.6 Å². The summed E-state index contributed by atoms with van der Waals surface area (Å²) in [5.41, 5.74) is 0.342. The van der Waals surface area contributed by atoms with Gasteiger partial charge in [0.2, 0.25) is 5.91 Å². The first-order chi connectivity index (χ1) is 22.1. The summed E-state index contributed by atoms with van der Waals surface area (Å²) in [5, 5.41) is 22.2. The highest BCUT2D eigenvalue weighted by Crippen LogP contribution is 2.70. The second kappa shape index (κ2) is 12.2. The average molecular weight is 648 g/mol. The van der Waals surface area contributed by atoms with Crippen molar-refractivity contribution >= 4 is 41.2 Å². The van der Waals surface area contributed by atoms with Crippen LogP contribution in [0.25, 0.3) is 0 Å². The maximum absolute atomic E-state index is 13.6. The van der Waals surface area contributed by atoms with E-state index in [0.29, 0.717) is 34.0 Å². The monoisotopic (exact) mass is 647 g/mol. The number of amides is 1. The quantitative estimate of drug-likeness (QED) is 0.0914. The molecule has 1 saturated heterocycles. The Morgan fingerprint density at radius 2 is 1.50 bits per heavy atom. The van der Waals surface area contributed by atoms with Crippen LogP contribution in [-0.4, -0.2) is 54.9 Å². The number of nitrogens with zero attached hydrogens (tertiary/aromatic N) is 5. The summed E-state index contributed by atoms with van der Waals surface area (Å²) < 4.78 is 16.3. The van der Waals surface area contributed by atoms with Gasteiger partial charge < -0.3 is 14.2 Å². The Bertz CT molecular complexity index is 1750. The standard InChI is InChI=1S/C30H25N5O10S/c1-17(45-29(38)44-16-19-5-9-21(10-6-19)35(41)42)22-24-30(11-12-30)25(46-28-31-13-2-14-32-28)23(33(24)26(22)36)27(37)43-15-18-3-7-20(8-4-18)34(39)40/h2-10,13-14,17,22,24H,11-12,15-16H2,1H3. The first-order valence-corrected chi connectivity index (χ1v) is 14.9. The number of hydrogen-bond donors (Lipinski definition) is 0. The number of aromatic nitrogens is 2. The Balaban J connectivity index is 1.17. The normalized spacial score (nSPS) is 19.6. The lowest BCUT2D eigenvalue weighted by molar-refractivity contribution is -0.385. The smallest absolute Gasteiger partial charge is 0.456 e. The van der Waals surface area contributed by atoms with Crippen LogP contribution in [0.3, 0.4) is 0 Å². The summed E-state index contributed by atoms with van der Waals surface area (Å²) in [6, 6.07) is 12.3. The van der Waals surface area contributed by atoms with Gasteiger partial charge in [0.05, 0.1) is 21.8 Å². The van der Waals surface area contributed by atoms with Crippen LogP contribution in [0.4, 0.5) is 16.2 Å². The lowest BCUT2D eigenvalue weighted by Gasteiger charge is -2.47. The number of esters is 1. The number of benzene rings is 2. The Hall–Kier alpha value is -5.38. The van der Waals surface area contributed by atoms with Crippen molar-refractivity contribution in [3.8, 4) is 0 Å². The molecular weight excluding hydrogens is 622 g/mol. The molecular formula is C30H25N5O10S. The maximum atomic E-state index is 13.6. The van der Waals surface area contributed by atoms with Gasteiger partial charge in [-0.2, -0.15) is 0 Å². The molecule has 1 saturated carbocycles. The molecule has 1 amide bonds. The minimum absolute atomic E-state index is 0.0797. The summed E-state index contributed by atoms with van der Waals surface area (Å²) in [6.07, 6.45) is 2.57. The van der Waals surface area contributed by atoms with E-state index in [1.165, 1.54) is 65.2 Å². The summed E-state index contributed by atoms with van der Waals surface area (Å²) >= 11 is 1.18. The number of thioether (sulfide) groups is 1. The molecule has 1 aliphatic carbocycles. The van der Waals surface area contributed by atoms with Crippen molar-refractivity contribution < 1.29 is 38.4 Å². The van der Waals surface area contributed by atoms with Gasteiger partial charge in [-0.05, 0) is 61.2 Å². The molecule has 2 aliphatic heterocycles. The van der Waals surface area contributed by atoms with Crippen molar-refractivity contribution in [1.29, 1.82) is 0 Å². The highest BCUT2D eigenvalue weighted by Gasteiger charge is 2.73. The molecule has 0 bridgehead atoms. The minimum atomic E-state index is -1.01. The van der Waals surface area contributed by atoms with Crippen molar-refractivity contribution in [2.75, 3.05) is 0 Å². The number of rotatable bonds is 11. The molecule has 3 unspecified atom stereocenters. The highest BCUT2D eigenvalue weighted by molar-refractivity contribution is 8.03. The maximum Gasteiger partial charge on any atom is 0.508 e. The van der Waals surface area contributed by atoms with Gasteiger partial charge in [0.25, 0.3) is 11.4 Å². The molecule has 3 atom stereocenters. The van der Waals surface area contributed by atoms with Crippen molar-refractivity contribution in [2.45, 2.75) is 50.3 Å². The first-order valence-electron chi connectivity index (χ1n) is 14.1. The molecule has 2 fully saturated rings. The third-order valence-corrected chi connectivity index (χ3v) is 9.34. The summed E-state index contributed by atoms with van der Waals surface area (Å²) in [4.78, 5) is 71.1. The van der Waals surface area contributed by atoms with E-state index in [2.05, 4.69) is 9.97 Å². The van der Waals surface area contributed by atoms with E-state index in [1.54, 1.807) is 25.4 Å². The zero-order valence-electron chi connectivity index (χ0n) is 24.1. The van der Waals surface area contributed by atoms with Crippen LogP contribution in [0.2, 0.25) is 0 Å². The number of fused-ring (bicyclic) bond motifs is 2. The fourth-order valence-electron chi connectivity index (χ4n) is 5.76. The van der Waals surface area contributed by atoms with E-state index < -0.39 is 51.4 Å². The SMILES string of the molecule is CC(OC(=O)OCc1ccc([N+](=O)[O-])cc1)C1C(=O)N2C(C(=O)OCc3ccc([N+](=O)[O-])cc3)=C(Sc3ncccn3)C3(CC3)C12. The van der Waals surface area contributed by atoms with Crippen LogP contribution in [0.5, 0.6) is 0 Å². The predicted molar refractivity (Wildman–Crippen MR) is 157 cm³/mol. The van der Waals surface area contributed by atoms with E-state index >= 15 is 0 Å². The molecule has 15 nitrogen and oxygen atoms in total. The second-order valence-electron chi connectivity index (χ2n) is 10.9. The number of β-lactam (4-membered cyclic amide) rings is 1. The van der Waals surface area contributed by atoms with Gasteiger partial charge in [-0.15, -0.1) is 0 Å². The first kappa shape index (κ1) is 30.6. The van der Waals surface area contributed by atoms with Crippen molar-refractivity contribution in [2.24, 2.45) is 11.3 Å². The molecule has 0 radical (unpaired) electrons. The number of carbonyl (C=O) groups excluding carboxylic acids is 3. The number of hydrogen-bond acceptors (Lipinski definition) is 13. The predicted octanol–water partition coefficient (Wildman–Crippen LogP) is 4.70. The van der Waals surface area contributed by atoms with Crippen LogP contribution >= 0.6 is 11.8 Å². The molecule has 3 heterocycles. The Morgan fingerprint density at radius 1 is 0.957 bits per heavy atom. The number of non-ortho nitro benzene ring substituents is 2. The molecule has 236 valence electrons. The van der Waals surface area contributed by atoms with Crippen molar-refractivity contribution in [1.82, 2.24) is 14.9 Å². The molecule has 46 heavy (non-hydrogen) atoms. The Kier molecular flexibility index (Phi) is 8.12. The van der Waals surface area contributed by atoms with E-state index in [1.807, 2.05) is 0 Å². The molecule has 1 spiro atoms. The lowest BCUT2D eigenvalue weighted by atomic mass is 9.76. The van der Waals surface area contributed by atoms with Crippen molar-refractivity contribution in [3.63, 3.8) is 0 Å². The number of nitro groups is 2. The van der Waals surface area contributed by atoms with E-state index in [4.69, 9.17) is 14.2 Å². The molecule has 1 aromatic heterocycles. The molecule has 16 heteroatoms. The fourth-order valence-corrected chi connectivity index (χ4v) is 6.98.